The van der Waals surface area contributed by atoms with Crippen LogP contribution >= 0.6 is 0 Å². The number of carbonyl (C=O) groups is 1. The first-order valence-electron chi connectivity index (χ1n) is 6.20. The van der Waals surface area contributed by atoms with Gasteiger partial charge in [-0.2, -0.15) is 0 Å². The number of nitrogens with zero attached hydrogens (tertiary/aromatic N) is 2. The number of Topliss-reactive ketones (excluding diaryl/α,β-unsaturated/α-hetero) is 1. The molecular formula is C14H20N2O. The molecule has 1 fully saturated rings. The van der Waals surface area contributed by atoms with E-state index in [1.165, 1.54) is 0 Å². The first kappa shape index (κ1) is 12.3. The van der Waals surface area contributed by atoms with Crippen LogP contribution in [0.4, 0.5) is 0 Å². The highest BCUT2D eigenvalue weighted by molar-refractivity contribution is 5.82. The average molecular weight is 232 g/mol. The highest BCUT2D eigenvalue weighted by atomic mass is 16.1. The van der Waals surface area contributed by atoms with E-state index in [-0.39, 0.29) is 0 Å². The second-order valence-electron chi connectivity index (χ2n) is 4.78. The summed E-state index contributed by atoms with van der Waals surface area (Å²) in [6.45, 7) is 4.76. The molecule has 1 aromatic carbocycles. The molecule has 0 radical (unpaired) electrons. The van der Waals surface area contributed by atoms with Crippen LogP contribution in [0.3, 0.4) is 0 Å². The topological polar surface area (TPSA) is 23.6 Å². The fourth-order valence-corrected chi connectivity index (χ4v) is 2.13. The minimum Gasteiger partial charge on any atom is -0.304 e. The molecule has 0 aliphatic carbocycles. The summed E-state index contributed by atoms with van der Waals surface area (Å²) in [6.07, 6.45) is 0.563. The Bertz CT molecular complexity index is 356. The second kappa shape index (κ2) is 5.94. The van der Waals surface area contributed by atoms with Gasteiger partial charge in [-0.3, -0.25) is 9.69 Å². The molecule has 0 saturated carbocycles. The van der Waals surface area contributed by atoms with E-state index in [4.69, 9.17) is 0 Å². The van der Waals surface area contributed by atoms with Crippen LogP contribution < -0.4 is 0 Å². The van der Waals surface area contributed by atoms with Gasteiger partial charge in [0.25, 0.3) is 0 Å². The van der Waals surface area contributed by atoms with Crippen molar-refractivity contribution in [1.29, 1.82) is 0 Å². The van der Waals surface area contributed by atoms with Crippen molar-refractivity contribution in [3.63, 3.8) is 0 Å². The summed E-state index contributed by atoms with van der Waals surface area (Å²) >= 11 is 0. The Hall–Kier alpha value is -1.19. The summed E-state index contributed by atoms with van der Waals surface area (Å²) < 4.78 is 0. The van der Waals surface area contributed by atoms with Crippen LogP contribution in [0.2, 0.25) is 0 Å². The lowest BCUT2D eigenvalue weighted by atomic mass is 10.1. The van der Waals surface area contributed by atoms with Gasteiger partial charge in [-0.25, -0.2) is 0 Å². The number of ketones is 1. The third-order valence-corrected chi connectivity index (χ3v) is 3.24. The second-order valence-corrected chi connectivity index (χ2v) is 4.78. The van der Waals surface area contributed by atoms with Gasteiger partial charge < -0.3 is 4.90 Å². The molecule has 92 valence electrons. The maximum absolute atomic E-state index is 11.9. The Morgan fingerprint density at radius 2 is 1.76 bits per heavy atom. The molecule has 17 heavy (non-hydrogen) atoms. The summed E-state index contributed by atoms with van der Waals surface area (Å²) in [5, 5.41) is 0. The molecule has 3 heteroatoms. The van der Waals surface area contributed by atoms with E-state index in [2.05, 4.69) is 16.8 Å². The molecule has 0 bridgehead atoms. The molecule has 0 spiro atoms. The highest BCUT2D eigenvalue weighted by Gasteiger charge is 2.16. The lowest BCUT2D eigenvalue weighted by Gasteiger charge is -2.31. The zero-order valence-electron chi connectivity index (χ0n) is 10.4. The first-order chi connectivity index (χ1) is 8.24. The van der Waals surface area contributed by atoms with Gasteiger partial charge in [0, 0.05) is 32.6 Å². The first-order valence-corrected chi connectivity index (χ1v) is 6.20. The van der Waals surface area contributed by atoms with Crippen LogP contribution in [-0.4, -0.2) is 55.4 Å². The van der Waals surface area contributed by atoms with Gasteiger partial charge in [-0.05, 0) is 12.6 Å². The van der Waals surface area contributed by atoms with E-state index in [9.17, 15) is 4.79 Å². The van der Waals surface area contributed by atoms with E-state index < -0.39 is 0 Å². The Kier molecular flexibility index (Phi) is 4.29. The van der Waals surface area contributed by atoms with Gasteiger partial charge in [-0.1, -0.05) is 30.3 Å². The van der Waals surface area contributed by atoms with E-state index in [0.717, 1.165) is 31.7 Å². The molecule has 1 heterocycles. The molecule has 0 unspecified atom stereocenters. The van der Waals surface area contributed by atoms with Gasteiger partial charge in [0.2, 0.25) is 0 Å². The zero-order valence-corrected chi connectivity index (χ0v) is 10.4. The van der Waals surface area contributed by atoms with Crippen molar-refractivity contribution in [2.75, 3.05) is 39.8 Å². The number of carbonyl (C=O) groups excluding carboxylic acids is 1. The standard InChI is InChI=1S/C14H20N2O/c1-15-7-9-16(10-8-15)12-14(17)11-13-5-3-2-4-6-13/h2-6H,7-12H2,1H3. The number of benzene rings is 1. The van der Waals surface area contributed by atoms with Crippen LogP contribution in [0.1, 0.15) is 5.56 Å². The molecule has 0 N–H and O–H groups in total. The number of piperazine rings is 1. The van der Waals surface area contributed by atoms with Crippen LogP contribution in [0, 0.1) is 0 Å². The van der Waals surface area contributed by atoms with Crippen molar-refractivity contribution < 1.29 is 4.79 Å². The quantitative estimate of drug-likeness (QED) is 0.775. The lowest BCUT2D eigenvalue weighted by Crippen LogP contribution is -2.46. The molecule has 1 aliphatic heterocycles. The van der Waals surface area contributed by atoms with Gasteiger partial charge in [0.05, 0.1) is 6.54 Å². The fraction of sp³-hybridized carbons (Fsp3) is 0.500. The molecule has 3 nitrogen and oxygen atoms in total. The molecule has 0 amide bonds. The van der Waals surface area contributed by atoms with Crippen molar-refractivity contribution >= 4 is 5.78 Å². The lowest BCUT2D eigenvalue weighted by molar-refractivity contribution is -0.119. The third kappa shape index (κ3) is 3.95. The monoisotopic (exact) mass is 232 g/mol. The molecular weight excluding hydrogens is 212 g/mol. The molecule has 1 aromatic rings. The number of hydrogen-bond acceptors (Lipinski definition) is 3. The Labute approximate surface area is 103 Å². The molecule has 2 rings (SSSR count). The summed E-state index contributed by atoms with van der Waals surface area (Å²) in [6, 6.07) is 9.98. The number of likely N-dealkylation sites (N-methyl/N-ethyl adjacent to an activating group) is 1. The van der Waals surface area contributed by atoms with Crippen LogP contribution in [0.15, 0.2) is 30.3 Å². The van der Waals surface area contributed by atoms with Crippen LogP contribution in [0.25, 0.3) is 0 Å². The molecule has 1 saturated heterocycles. The van der Waals surface area contributed by atoms with E-state index in [1.54, 1.807) is 0 Å². The molecule has 0 atom stereocenters. The Balaban J connectivity index is 1.78. The number of hydrogen-bond donors (Lipinski definition) is 0. The summed E-state index contributed by atoms with van der Waals surface area (Å²) in [5.74, 6) is 0.320. The Morgan fingerprint density at radius 3 is 2.41 bits per heavy atom. The highest BCUT2D eigenvalue weighted by Crippen LogP contribution is 2.03. The average Bonchev–Trinajstić information content (AvgIpc) is 2.33. The predicted molar refractivity (Wildman–Crippen MR) is 69.1 cm³/mol. The SMILES string of the molecule is CN1CCN(CC(=O)Cc2ccccc2)CC1. The molecule has 0 aromatic heterocycles. The van der Waals surface area contributed by atoms with Crippen LogP contribution in [-0.2, 0) is 11.2 Å². The van der Waals surface area contributed by atoms with Gasteiger partial charge in [0.1, 0.15) is 0 Å². The predicted octanol–water partition coefficient (Wildman–Crippen LogP) is 1.05. The van der Waals surface area contributed by atoms with Gasteiger partial charge in [0.15, 0.2) is 5.78 Å². The fourth-order valence-electron chi connectivity index (χ4n) is 2.13. The maximum Gasteiger partial charge on any atom is 0.151 e. The minimum absolute atomic E-state index is 0.320. The Morgan fingerprint density at radius 1 is 1.12 bits per heavy atom. The van der Waals surface area contributed by atoms with E-state index in [1.807, 2.05) is 30.3 Å². The van der Waals surface area contributed by atoms with Crippen molar-refractivity contribution in [2.45, 2.75) is 6.42 Å². The van der Waals surface area contributed by atoms with E-state index in [0.29, 0.717) is 18.7 Å². The van der Waals surface area contributed by atoms with Crippen molar-refractivity contribution in [2.24, 2.45) is 0 Å². The largest absolute Gasteiger partial charge is 0.304 e. The van der Waals surface area contributed by atoms with Crippen LogP contribution in [0.5, 0.6) is 0 Å². The van der Waals surface area contributed by atoms with Crippen molar-refractivity contribution in [1.82, 2.24) is 9.80 Å². The third-order valence-electron chi connectivity index (χ3n) is 3.24. The smallest absolute Gasteiger partial charge is 0.151 e. The number of rotatable bonds is 4. The summed E-state index contributed by atoms with van der Waals surface area (Å²) in [7, 11) is 2.13. The molecule has 1 aliphatic rings. The van der Waals surface area contributed by atoms with Crippen molar-refractivity contribution in [3.05, 3.63) is 35.9 Å². The minimum atomic E-state index is 0.320. The summed E-state index contributed by atoms with van der Waals surface area (Å²) in [4.78, 5) is 16.5. The maximum atomic E-state index is 11.9. The van der Waals surface area contributed by atoms with Crippen molar-refractivity contribution in [3.8, 4) is 0 Å². The van der Waals surface area contributed by atoms with Gasteiger partial charge >= 0.3 is 0 Å². The van der Waals surface area contributed by atoms with Gasteiger partial charge in [-0.15, -0.1) is 0 Å². The van der Waals surface area contributed by atoms with E-state index >= 15 is 0 Å². The summed E-state index contributed by atoms with van der Waals surface area (Å²) in [5.41, 5.74) is 1.12. The zero-order chi connectivity index (χ0) is 12.1. The normalized spacial score (nSPS) is 18.2.